The fourth-order valence-electron chi connectivity index (χ4n) is 1.58. The highest BCUT2D eigenvalue weighted by molar-refractivity contribution is 5.30. The first-order chi connectivity index (χ1) is 8.84. The minimum absolute atomic E-state index is 0.109. The summed E-state index contributed by atoms with van der Waals surface area (Å²) in [6.45, 7) is 3.61. The molecule has 100 valence electrons. The van der Waals surface area contributed by atoms with Crippen molar-refractivity contribution in [2.24, 2.45) is 0 Å². The number of rotatable bonds is 2. The molecule has 0 aliphatic carbocycles. The van der Waals surface area contributed by atoms with Gasteiger partial charge in [-0.2, -0.15) is 13.2 Å². The molecule has 0 saturated carbocycles. The van der Waals surface area contributed by atoms with Gasteiger partial charge in [-0.15, -0.1) is 0 Å². The maximum atomic E-state index is 12.4. The highest BCUT2D eigenvalue weighted by Gasteiger charge is 2.30. The number of alkyl halides is 3. The Labute approximate surface area is 108 Å². The van der Waals surface area contributed by atoms with Crippen molar-refractivity contribution >= 4 is 0 Å². The quantitative estimate of drug-likeness (QED) is 0.828. The zero-order valence-electron chi connectivity index (χ0n) is 10.3. The molecule has 19 heavy (non-hydrogen) atoms. The lowest BCUT2D eigenvalue weighted by Crippen LogP contribution is -2.05. The Morgan fingerprint density at radius 3 is 2.16 bits per heavy atom. The summed E-state index contributed by atoms with van der Waals surface area (Å²) in [7, 11) is 0. The van der Waals surface area contributed by atoms with Crippen molar-refractivity contribution < 1.29 is 17.9 Å². The second-order valence-electron chi connectivity index (χ2n) is 4.07. The third kappa shape index (κ3) is 3.43. The fraction of sp³-hybridized carbons (Fsp3) is 0.231. The Balaban J connectivity index is 2.20. The molecule has 0 unspecified atom stereocenters. The van der Waals surface area contributed by atoms with Crippen molar-refractivity contribution in [2.45, 2.75) is 20.0 Å². The van der Waals surface area contributed by atoms with Crippen LogP contribution in [0.25, 0.3) is 0 Å². The van der Waals surface area contributed by atoms with Crippen LogP contribution in [0.5, 0.6) is 11.6 Å². The SMILES string of the molecule is Cc1cc(Oc2ccc(C(F)(F)F)cn2)cc(C)n1. The van der Waals surface area contributed by atoms with Gasteiger partial charge < -0.3 is 4.74 Å². The van der Waals surface area contributed by atoms with Gasteiger partial charge in [0.25, 0.3) is 0 Å². The number of hydrogen-bond donors (Lipinski definition) is 0. The molecule has 0 aromatic carbocycles. The Bertz CT molecular complexity index is 559. The molecular formula is C13H11F3N2O. The second kappa shape index (κ2) is 4.87. The smallest absolute Gasteiger partial charge is 0.417 e. The molecule has 2 aromatic rings. The lowest BCUT2D eigenvalue weighted by molar-refractivity contribution is -0.137. The van der Waals surface area contributed by atoms with E-state index in [2.05, 4.69) is 9.97 Å². The van der Waals surface area contributed by atoms with E-state index in [4.69, 9.17) is 4.74 Å². The molecule has 0 fully saturated rings. The molecular weight excluding hydrogens is 257 g/mol. The van der Waals surface area contributed by atoms with Gasteiger partial charge in [-0.1, -0.05) is 0 Å². The standard InChI is InChI=1S/C13H11F3N2O/c1-8-5-11(6-9(2)18-8)19-12-4-3-10(7-17-12)13(14,15)16/h3-7H,1-2H3. The van der Waals surface area contributed by atoms with Crippen molar-refractivity contribution in [2.75, 3.05) is 0 Å². The van der Waals surface area contributed by atoms with Gasteiger partial charge in [0.05, 0.1) is 5.56 Å². The summed E-state index contributed by atoms with van der Waals surface area (Å²) in [6, 6.07) is 5.50. The molecule has 0 amide bonds. The van der Waals surface area contributed by atoms with Gasteiger partial charge in [-0.25, -0.2) is 4.98 Å². The highest BCUT2D eigenvalue weighted by Crippen LogP contribution is 2.30. The fourth-order valence-corrected chi connectivity index (χ4v) is 1.58. The maximum absolute atomic E-state index is 12.4. The van der Waals surface area contributed by atoms with Gasteiger partial charge in [0.15, 0.2) is 0 Å². The first kappa shape index (κ1) is 13.3. The molecule has 0 aliphatic heterocycles. The number of aryl methyl sites for hydroxylation is 2. The average molecular weight is 268 g/mol. The van der Waals surface area contributed by atoms with Crippen LogP contribution in [0.1, 0.15) is 17.0 Å². The molecule has 0 atom stereocenters. The van der Waals surface area contributed by atoms with E-state index in [9.17, 15) is 13.2 Å². The molecule has 0 bridgehead atoms. The minimum atomic E-state index is -4.39. The van der Waals surface area contributed by atoms with Crippen molar-refractivity contribution in [3.8, 4) is 11.6 Å². The number of hydrogen-bond acceptors (Lipinski definition) is 3. The maximum Gasteiger partial charge on any atom is 0.417 e. The number of pyridine rings is 2. The zero-order valence-corrected chi connectivity index (χ0v) is 10.3. The predicted octanol–water partition coefficient (Wildman–Crippen LogP) is 3.90. The molecule has 0 spiro atoms. The molecule has 0 aliphatic rings. The molecule has 0 N–H and O–H groups in total. The summed E-state index contributed by atoms with van der Waals surface area (Å²) in [5, 5.41) is 0. The van der Waals surface area contributed by atoms with E-state index >= 15 is 0 Å². The van der Waals surface area contributed by atoms with E-state index in [0.717, 1.165) is 23.7 Å². The van der Waals surface area contributed by atoms with E-state index in [1.54, 1.807) is 26.0 Å². The van der Waals surface area contributed by atoms with Crippen molar-refractivity contribution in [3.05, 3.63) is 47.4 Å². The minimum Gasteiger partial charge on any atom is -0.439 e. The summed E-state index contributed by atoms with van der Waals surface area (Å²) in [4.78, 5) is 7.81. The third-order valence-corrected chi connectivity index (χ3v) is 2.34. The summed E-state index contributed by atoms with van der Waals surface area (Å²) >= 11 is 0. The van der Waals surface area contributed by atoms with Crippen LogP contribution in [0, 0.1) is 13.8 Å². The molecule has 3 nitrogen and oxygen atoms in total. The zero-order chi connectivity index (χ0) is 14.0. The van der Waals surface area contributed by atoms with Gasteiger partial charge in [0.2, 0.25) is 5.88 Å². The number of nitrogens with zero attached hydrogens (tertiary/aromatic N) is 2. The van der Waals surface area contributed by atoms with Gasteiger partial charge in [0.1, 0.15) is 5.75 Å². The van der Waals surface area contributed by atoms with Gasteiger partial charge in [-0.05, 0) is 19.9 Å². The number of halogens is 3. The van der Waals surface area contributed by atoms with E-state index < -0.39 is 11.7 Å². The van der Waals surface area contributed by atoms with E-state index in [1.807, 2.05) is 0 Å². The van der Waals surface area contributed by atoms with Crippen molar-refractivity contribution in [1.29, 1.82) is 0 Å². The van der Waals surface area contributed by atoms with E-state index in [0.29, 0.717) is 5.75 Å². The molecule has 6 heteroatoms. The molecule has 0 saturated heterocycles. The van der Waals surface area contributed by atoms with Crippen LogP contribution in [-0.4, -0.2) is 9.97 Å². The number of aromatic nitrogens is 2. The monoisotopic (exact) mass is 268 g/mol. The van der Waals surface area contributed by atoms with E-state index in [-0.39, 0.29) is 5.88 Å². The third-order valence-electron chi connectivity index (χ3n) is 2.34. The largest absolute Gasteiger partial charge is 0.439 e. The van der Waals surface area contributed by atoms with Crippen LogP contribution in [-0.2, 0) is 6.18 Å². The average Bonchev–Trinajstić information content (AvgIpc) is 2.26. The van der Waals surface area contributed by atoms with Crippen LogP contribution in [0.3, 0.4) is 0 Å². The topological polar surface area (TPSA) is 35.0 Å². The summed E-state index contributed by atoms with van der Waals surface area (Å²) in [5.41, 5.74) is 0.728. The van der Waals surface area contributed by atoms with Crippen LogP contribution in [0.15, 0.2) is 30.5 Å². The molecule has 2 aromatic heterocycles. The summed E-state index contributed by atoms with van der Waals surface area (Å²) in [5.74, 6) is 0.607. The number of ether oxygens (including phenoxy) is 1. The normalized spacial score (nSPS) is 11.4. The predicted molar refractivity (Wildman–Crippen MR) is 63.0 cm³/mol. The first-order valence-electron chi connectivity index (χ1n) is 5.51. The van der Waals surface area contributed by atoms with Crippen LogP contribution < -0.4 is 4.74 Å². The second-order valence-corrected chi connectivity index (χ2v) is 4.07. The lowest BCUT2D eigenvalue weighted by atomic mass is 10.3. The Kier molecular flexibility index (Phi) is 3.42. The molecule has 2 rings (SSSR count). The molecule has 2 heterocycles. The van der Waals surface area contributed by atoms with E-state index in [1.165, 1.54) is 6.07 Å². The van der Waals surface area contributed by atoms with Gasteiger partial charge in [-0.3, -0.25) is 4.98 Å². The molecule has 0 radical (unpaired) electrons. The lowest BCUT2D eigenvalue weighted by Gasteiger charge is -2.08. The Morgan fingerprint density at radius 1 is 1.05 bits per heavy atom. The highest BCUT2D eigenvalue weighted by atomic mass is 19.4. The Morgan fingerprint density at radius 2 is 1.68 bits per heavy atom. The van der Waals surface area contributed by atoms with Gasteiger partial charge >= 0.3 is 6.18 Å². The van der Waals surface area contributed by atoms with Gasteiger partial charge in [0, 0.05) is 35.8 Å². The van der Waals surface area contributed by atoms with Crippen LogP contribution in [0.2, 0.25) is 0 Å². The van der Waals surface area contributed by atoms with Crippen LogP contribution in [0.4, 0.5) is 13.2 Å². The first-order valence-corrected chi connectivity index (χ1v) is 5.51. The Hall–Kier alpha value is -2.11. The van der Waals surface area contributed by atoms with Crippen molar-refractivity contribution in [1.82, 2.24) is 9.97 Å². The summed E-state index contributed by atoms with van der Waals surface area (Å²) < 4.78 is 42.5. The van der Waals surface area contributed by atoms with Crippen LogP contribution >= 0.6 is 0 Å². The summed E-state index contributed by atoms with van der Waals surface area (Å²) in [6.07, 6.45) is -3.65. The van der Waals surface area contributed by atoms with Crippen molar-refractivity contribution in [3.63, 3.8) is 0 Å².